The molecule has 0 bridgehead atoms. The van der Waals surface area contributed by atoms with Gasteiger partial charge >= 0.3 is 0 Å². The van der Waals surface area contributed by atoms with Gasteiger partial charge < -0.3 is 10.6 Å². The lowest BCUT2D eigenvalue weighted by Crippen LogP contribution is -2.41. The van der Waals surface area contributed by atoms with Gasteiger partial charge in [0.25, 0.3) is 0 Å². The van der Waals surface area contributed by atoms with Crippen molar-refractivity contribution in [1.82, 2.24) is 4.90 Å². The van der Waals surface area contributed by atoms with Crippen LogP contribution in [0.5, 0.6) is 0 Å². The third kappa shape index (κ3) is 2.76. The van der Waals surface area contributed by atoms with Crippen molar-refractivity contribution in [3.8, 4) is 0 Å². The average Bonchev–Trinajstić information content (AvgIpc) is 1.97. The van der Waals surface area contributed by atoms with Crippen LogP contribution in [-0.4, -0.2) is 30.6 Å². The molecule has 0 aromatic rings. The zero-order valence-corrected chi connectivity index (χ0v) is 8.26. The van der Waals surface area contributed by atoms with Crippen LogP contribution in [0.4, 0.5) is 0 Å². The maximum absolute atomic E-state index is 5.51. The molecule has 1 rings (SSSR count). The summed E-state index contributed by atoms with van der Waals surface area (Å²) in [5.74, 6) is 0. The second kappa shape index (κ2) is 5.55. The van der Waals surface area contributed by atoms with Crippen LogP contribution < -0.4 is 5.73 Å². The number of hydrogen-bond acceptors (Lipinski definition) is 2. The maximum Gasteiger partial charge on any atom is 0.00952 e. The van der Waals surface area contributed by atoms with Gasteiger partial charge in [-0.1, -0.05) is 13.3 Å². The Kier molecular flexibility index (Phi) is 4.62. The molecule has 0 atom stereocenters. The molecule has 72 valence electrons. The molecule has 0 aromatic heterocycles. The van der Waals surface area contributed by atoms with Crippen LogP contribution in [0, 0.1) is 0 Å². The summed E-state index contributed by atoms with van der Waals surface area (Å²) in [4.78, 5) is 2.62. The second-order valence-corrected chi connectivity index (χ2v) is 3.76. The van der Waals surface area contributed by atoms with Crippen molar-refractivity contribution in [2.24, 2.45) is 5.73 Å². The van der Waals surface area contributed by atoms with Gasteiger partial charge in [0.1, 0.15) is 0 Å². The lowest BCUT2D eigenvalue weighted by Gasteiger charge is -2.37. The standard InChI is InChI=1S/C10H22N2/c1-2-8-12(9-4-7-11)10-5-3-6-10/h10H,2-9,11H2,1H3. The molecule has 0 aliphatic heterocycles. The highest BCUT2D eigenvalue weighted by Crippen LogP contribution is 2.24. The molecule has 1 saturated carbocycles. The van der Waals surface area contributed by atoms with Crippen LogP contribution in [-0.2, 0) is 0 Å². The van der Waals surface area contributed by atoms with E-state index in [0.29, 0.717) is 0 Å². The Bertz CT molecular complexity index is 110. The van der Waals surface area contributed by atoms with Crippen LogP contribution in [0.3, 0.4) is 0 Å². The minimum Gasteiger partial charge on any atom is -0.330 e. The lowest BCUT2D eigenvalue weighted by molar-refractivity contribution is 0.126. The summed E-state index contributed by atoms with van der Waals surface area (Å²) < 4.78 is 0. The van der Waals surface area contributed by atoms with E-state index in [1.54, 1.807) is 0 Å². The van der Waals surface area contributed by atoms with Crippen LogP contribution >= 0.6 is 0 Å². The fourth-order valence-electron chi connectivity index (χ4n) is 1.81. The normalized spacial score (nSPS) is 18.2. The van der Waals surface area contributed by atoms with Gasteiger partial charge in [-0.15, -0.1) is 0 Å². The molecule has 0 saturated heterocycles. The van der Waals surface area contributed by atoms with Gasteiger partial charge in [-0.3, -0.25) is 0 Å². The average molecular weight is 170 g/mol. The number of rotatable bonds is 6. The molecule has 1 aliphatic carbocycles. The van der Waals surface area contributed by atoms with Gasteiger partial charge in [-0.2, -0.15) is 0 Å². The molecule has 2 nitrogen and oxygen atoms in total. The van der Waals surface area contributed by atoms with E-state index in [4.69, 9.17) is 5.73 Å². The smallest absolute Gasteiger partial charge is 0.00952 e. The van der Waals surface area contributed by atoms with E-state index >= 15 is 0 Å². The van der Waals surface area contributed by atoms with E-state index < -0.39 is 0 Å². The van der Waals surface area contributed by atoms with Crippen LogP contribution in [0.25, 0.3) is 0 Å². The summed E-state index contributed by atoms with van der Waals surface area (Å²) in [7, 11) is 0. The topological polar surface area (TPSA) is 29.3 Å². The first kappa shape index (κ1) is 10.0. The summed E-state index contributed by atoms with van der Waals surface area (Å²) in [5, 5.41) is 0. The zero-order chi connectivity index (χ0) is 8.81. The van der Waals surface area contributed by atoms with Crippen molar-refractivity contribution < 1.29 is 0 Å². The fraction of sp³-hybridized carbons (Fsp3) is 1.00. The molecule has 12 heavy (non-hydrogen) atoms. The van der Waals surface area contributed by atoms with Crippen molar-refractivity contribution in [1.29, 1.82) is 0 Å². The molecule has 1 aliphatic rings. The zero-order valence-electron chi connectivity index (χ0n) is 8.26. The Morgan fingerprint density at radius 3 is 2.50 bits per heavy atom. The third-order valence-electron chi connectivity index (χ3n) is 2.75. The molecule has 0 amide bonds. The fourth-order valence-corrected chi connectivity index (χ4v) is 1.81. The summed E-state index contributed by atoms with van der Waals surface area (Å²) in [6, 6.07) is 0.900. The Morgan fingerprint density at radius 1 is 1.33 bits per heavy atom. The molecule has 0 spiro atoms. The first-order valence-electron chi connectivity index (χ1n) is 5.32. The molecular weight excluding hydrogens is 148 g/mol. The largest absolute Gasteiger partial charge is 0.330 e. The Morgan fingerprint density at radius 2 is 2.08 bits per heavy atom. The molecule has 2 heteroatoms. The monoisotopic (exact) mass is 170 g/mol. The van der Waals surface area contributed by atoms with Crippen molar-refractivity contribution in [2.75, 3.05) is 19.6 Å². The summed E-state index contributed by atoms with van der Waals surface area (Å²) in [6.07, 6.45) is 6.72. The van der Waals surface area contributed by atoms with Crippen LogP contribution in [0.1, 0.15) is 39.0 Å². The van der Waals surface area contributed by atoms with Gasteiger partial charge in [0.05, 0.1) is 0 Å². The van der Waals surface area contributed by atoms with E-state index in [-0.39, 0.29) is 0 Å². The molecular formula is C10H22N2. The van der Waals surface area contributed by atoms with E-state index in [1.807, 2.05) is 0 Å². The second-order valence-electron chi connectivity index (χ2n) is 3.76. The molecule has 0 unspecified atom stereocenters. The van der Waals surface area contributed by atoms with Gasteiger partial charge in [0, 0.05) is 6.04 Å². The van der Waals surface area contributed by atoms with E-state index in [1.165, 1.54) is 38.8 Å². The molecule has 0 aromatic carbocycles. The molecule has 1 fully saturated rings. The predicted molar refractivity (Wildman–Crippen MR) is 53.2 cm³/mol. The summed E-state index contributed by atoms with van der Waals surface area (Å²) in [5.41, 5.74) is 5.51. The third-order valence-corrected chi connectivity index (χ3v) is 2.75. The van der Waals surface area contributed by atoms with Gasteiger partial charge in [-0.05, 0) is 45.3 Å². The highest BCUT2D eigenvalue weighted by molar-refractivity contribution is 4.79. The first-order valence-corrected chi connectivity index (χ1v) is 5.32. The number of nitrogens with zero attached hydrogens (tertiary/aromatic N) is 1. The molecule has 2 N–H and O–H groups in total. The highest BCUT2D eigenvalue weighted by Gasteiger charge is 2.23. The molecule has 0 radical (unpaired) electrons. The van der Waals surface area contributed by atoms with E-state index in [0.717, 1.165) is 19.0 Å². The summed E-state index contributed by atoms with van der Waals surface area (Å²) >= 11 is 0. The number of hydrogen-bond donors (Lipinski definition) is 1. The van der Waals surface area contributed by atoms with E-state index in [9.17, 15) is 0 Å². The lowest BCUT2D eigenvalue weighted by atomic mass is 9.91. The Labute approximate surface area is 76.1 Å². The van der Waals surface area contributed by atoms with Gasteiger partial charge in [0.2, 0.25) is 0 Å². The predicted octanol–water partition coefficient (Wildman–Crippen LogP) is 1.60. The SMILES string of the molecule is CCCN(CCCN)C1CCC1. The molecule has 0 heterocycles. The number of nitrogens with two attached hydrogens (primary N) is 1. The summed E-state index contributed by atoms with van der Waals surface area (Å²) in [6.45, 7) is 5.58. The van der Waals surface area contributed by atoms with Gasteiger partial charge in [0.15, 0.2) is 0 Å². The first-order chi connectivity index (χ1) is 5.88. The Balaban J connectivity index is 2.17. The van der Waals surface area contributed by atoms with Gasteiger partial charge in [-0.25, -0.2) is 0 Å². The Hall–Kier alpha value is -0.0800. The van der Waals surface area contributed by atoms with Crippen LogP contribution in [0.15, 0.2) is 0 Å². The van der Waals surface area contributed by atoms with Crippen LogP contribution in [0.2, 0.25) is 0 Å². The highest BCUT2D eigenvalue weighted by atomic mass is 15.2. The minimum atomic E-state index is 0.840. The van der Waals surface area contributed by atoms with Crippen molar-refractivity contribution >= 4 is 0 Å². The van der Waals surface area contributed by atoms with E-state index in [2.05, 4.69) is 11.8 Å². The van der Waals surface area contributed by atoms with Crippen molar-refractivity contribution in [3.63, 3.8) is 0 Å². The van der Waals surface area contributed by atoms with Crippen molar-refractivity contribution in [3.05, 3.63) is 0 Å². The minimum absolute atomic E-state index is 0.840. The van der Waals surface area contributed by atoms with Crippen molar-refractivity contribution in [2.45, 2.75) is 45.1 Å². The maximum atomic E-state index is 5.51. The quantitative estimate of drug-likeness (QED) is 0.656.